The van der Waals surface area contributed by atoms with Crippen LogP contribution in [0.2, 0.25) is 0 Å². The highest BCUT2D eigenvalue weighted by Gasteiger charge is 2.24. The summed E-state index contributed by atoms with van der Waals surface area (Å²) in [5.41, 5.74) is 1.10. The van der Waals surface area contributed by atoms with Crippen molar-refractivity contribution in [1.82, 2.24) is 9.62 Å². The van der Waals surface area contributed by atoms with Crippen LogP contribution in [0.5, 0.6) is 5.75 Å². The van der Waals surface area contributed by atoms with Gasteiger partial charge in [0.2, 0.25) is 15.9 Å². The summed E-state index contributed by atoms with van der Waals surface area (Å²) in [6.07, 6.45) is 3.67. The van der Waals surface area contributed by atoms with E-state index in [1.807, 2.05) is 29.2 Å². The number of methoxy groups -OCH3 is 1. The molecule has 1 aromatic rings. The fraction of sp³-hybridized carbons (Fsp3) is 0.562. The standard InChI is InChI=1S/C16H24N2O4S/c1-22-15-6-3-13(4-7-15)5-8-16(19)18-11-9-14(10-12-18)17-23(2,20)21/h3-4,6-7,14,17H,5,8-12H2,1-2H3. The zero-order chi connectivity index (χ0) is 16.9. The maximum atomic E-state index is 12.2. The number of carbonyl (C=O) groups excluding carboxylic acids is 1. The van der Waals surface area contributed by atoms with Crippen molar-refractivity contribution in [2.45, 2.75) is 31.7 Å². The van der Waals surface area contributed by atoms with E-state index in [0.29, 0.717) is 38.8 Å². The Labute approximate surface area is 137 Å². The van der Waals surface area contributed by atoms with Gasteiger partial charge < -0.3 is 9.64 Å². The van der Waals surface area contributed by atoms with E-state index >= 15 is 0 Å². The minimum Gasteiger partial charge on any atom is -0.497 e. The van der Waals surface area contributed by atoms with Gasteiger partial charge in [0.1, 0.15) is 5.75 Å². The third kappa shape index (κ3) is 5.84. The van der Waals surface area contributed by atoms with Crippen LogP contribution in [-0.2, 0) is 21.2 Å². The highest BCUT2D eigenvalue weighted by atomic mass is 32.2. The molecule has 6 nitrogen and oxygen atoms in total. The van der Waals surface area contributed by atoms with E-state index in [0.717, 1.165) is 11.3 Å². The predicted octanol–water partition coefficient (Wildman–Crippen LogP) is 1.17. The highest BCUT2D eigenvalue weighted by Crippen LogP contribution is 2.15. The molecule has 0 saturated carbocycles. The third-order valence-electron chi connectivity index (χ3n) is 4.02. The number of sulfonamides is 1. The molecule has 128 valence electrons. The van der Waals surface area contributed by atoms with Crippen LogP contribution in [0.15, 0.2) is 24.3 Å². The van der Waals surface area contributed by atoms with Crippen LogP contribution in [0.3, 0.4) is 0 Å². The summed E-state index contributed by atoms with van der Waals surface area (Å²) in [5, 5.41) is 0. The van der Waals surface area contributed by atoms with E-state index < -0.39 is 10.0 Å². The highest BCUT2D eigenvalue weighted by molar-refractivity contribution is 7.88. The van der Waals surface area contributed by atoms with Gasteiger partial charge in [0, 0.05) is 25.6 Å². The Bertz CT molecular complexity index is 620. The van der Waals surface area contributed by atoms with Gasteiger partial charge in [0.15, 0.2) is 0 Å². The van der Waals surface area contributed by atoms with Crippen LogP contribution < -0.4 is 9.46 Å². The summed E-state index contributed by atoms with van der Waals surface area (Å²) in [7, 11) is -1.55. The van der Waals surface area contributed by atoms with Gasteiger partial charge in [-0.05, 0) is 37.0 Å². The Hall–Kier alpha value is -1.60. The molecule has 0 unspecified atom stereocenters. The van der Waals surface area contributed by atoms with Gasteiger partial charge in [-0.2, -0.15) is 0 Å². The van der Waals surface area contributed by atoms with Gasteiger partial charge in [-0.15, -0.1) is 0 Å². The second-order valence-electron chi connectivity index (χ2n) is 5.89. The number of benzene rings is 1. The fourth-order valence-electron chi connectivity index (χ4n) is 2.75. The first kappa shape index (κ1) is 17.7. The SMILES string of the molecule is COc1ccc(CCC(=O)N2CCC(NS(C)(=O)=O)CC2)cc1. The normalized spacial score (nSPS) is 16.3. The van der Waals surface area contributed by atoms with Crippen molar-refractivity contribution in [3.8, 4) is 5.75 Å². The monoisotopic (exact) mass is 340 g/mol. The summed E-state index contributed by atoms with van der Waals surface area (Å²) in [6, 6.07) is 7.66. The second-order valence-corrected chi connectivity index (χ2v) is 7.67. The first-order chi connectivity index (χ1) is 10.9. The van der Waals surface area contributed by atoms with Crippen molar-refractivity contribution in [3.05, 3.63) is 29.8 Å². The molecule has 23 heavy (non-hydrogen) atoms. The molecular formula is C16H24N2O4S. The van der Waals surface area contributed by atoms with Gasteiger partial charge >= 0.3 is 0 Å². The van der Waals surface area contributed by atoms with E-state index in [2.05, 4.69) is 4.72 Å². The minimum atomic E-state index is -3.18. The molecule has 1 heterocycles. The zero-order valence-corrected chi connectivity index (χ0v) is 14.4. The van der Waals surface area contributed by atoms with Crippen LogP contribution in [0.25, 0.3) is 0 Å². The molecule has 0 aliphatic carbocycles. The zero-order valence-electron chi connectivity index (χ0n) is 13.6. The molecule has 7 heteroatoms. The first-order valence-corrected chi connectivity index (χ1v) is 9.64. The van der Waals surface area contributed by atoms with Crippen molar-refractivity contribution >= 4 is 15.9 Å². The fourth-order valence-corrected chi connectivity index (χ4v) is 3.59. The number of piperidine rings is 1. The smallest absolute Gasteiger partial charge is 0.222 e. The maximum absolute atomic E-state index is 12.2. The lowest BCUT2D eigenvalue weighted by atomic mass is 10.0. The molecule has 0 atom stereocenters. The molecule has 0 spiro atoms. The number of ether oxygens (including phenoxy) is 1. The van der Waals surface area contributed by atoms with Gasteiger partial charge in [0.25, 0.3) is 0 Å². The number of likely N-dealkylation sites (tertiary alicyclic amines) is 1. The number of hydrogen-bond acceptors (Lipinski definition) is 4. The van der Waals surface area contributed by atoms with Crippen molar-refractivity contribution in [2.24, 2.45) is 0 Å². The predicted molar refractivity (Wildman–Crippen MR) is 88.9 cm³/mol. The van der Waals surface area contributed by atoms with E-state index in [1.165, 1.54) is 6.26 Å². The summed E-state index contributed by atoms with van der Waals surface area (Å²) in [6.45, 7) is 1.21. The number of nitrogens with zero attached hydrogens (tertiary/aromatic N) is 1. The van der Waals surface area contributed by atoms with Crippen molar-refractivity contribution in [3.63, 3.8) is 0 Å². The lowest BCUT2D eigenvalue weighted by Gasteiger charge is -2.32. The van der Waals surface area contributed by atoms with Crippen molar-refractivity contribution in [2.75, 3.05) is 26.5 Å². The lowest BCUT2D eigenvalue weighted by Crippen LogP contribution is -2.46. The molecule has 1 N–H and O–H groups in total. The molecule has 1 aromatic carbocycles. The Morgan fingerprint density at radius 1 is 1.26 bits per heavy atom. The second kappa shape index (κ2) is 7.79. The Morgan fingerprint density at radius 3 is 2.39 bits per heavy atom. The number of hydrogen-bond donors (Lipinski definition) is 1. The molecule has 2 rings (SSSR count). The molecule has 1 amide bonds. The molecular weight excluding hydrogens is 316 g/mol. The average Bonchev–Trinajstić information content (AvgIpc) is 2.52. The quantitative estimate of drug-likeness (QED) is 0.843. The number of nitrogens with one attached hydrogen (secondary N) is 1. The van der Waals surface area contributed by atoms with Gasteiger partial charge in [-0.1, -0.05) is 12.1 Å². The van der Waals surface area contributed by atoms with E-state index in [9.17, 15) is 13.2 Å². The largest absolute Gasteiger partial charge is 0.497 e. The molecule has 0 radical (unpaired) electrons. The van der Waals surface area contributed by atoms with E-state index in [1.54, 1.807) is 7.11 Å². The molecule has 0 aromatic heterocycles. The molecule has 1 fully saturated rings. The van der Waals surface area contributed by atoms with Gasteiger partial charge in [0.05, 0.1) is 13.4 Å². The van der Waals surface area contributed by atoms with Crippen LogP contribution >= 0.6 is 0 Å². The van der Waals surface area contributed by atoms with Crippen LogP contribution in [0, 0.1) is 0 Å². The molecule has 1 saturated heterocycles. The molecule has 1 aliphatic heterocycles. The molecule has 0 bridgehead atoms. The summed E-state index contributed by atoms with van der Waals surface area (Å²) >= 11 is 0. The van der Waals surface area contributed by atoms with Crippen molar-refractivity contribution < 1.29 is 17.9 Å². The average molecular weight is 340 g/mol. The third-order valence-corrected chi connectivity index (χ3v) is 4.78. The Kier molecular flexibility index (Phi) is 6.01. The Balaban J connectivity index is 1.76. The summed E-state index contributed by atoms with van der Waals surface area (Å²) in [4.78, 5) is 14.1. The molecule has 1 aliphatic rings. The van der Waals surface area contributed by atoms with Gasteiger partial charge in [-0.3, -0.25) is 4.79 Å². The van der Waals surface area contributed by atoms with Crippen molar-refractivity contribution in [1.29, 1.82) is 0 Å². The lowest BCUT2D eigenvalue weighted by molar-refractivity contribution is -0.132. The number of amides is 1. The number of carbonyl (C=O) groups is 1. The van der Waals surface area contributed by atoms with Crippen LogP contribution in [0.1, 0.15) is 24.8 Å². The number of aryl methyl sites for hydroxylation is 1. The van der Waals surface area contributed by atoms with Crippen LogP contribution in [-0.4, -0.2) is 51.7 Å². The minimum absolute atomic E-state index is 0.0596. The van der Waals surface area contributed by atoms with E-state index in [4.69, 9.17) is 4.74 Å². The Morgan fingerprint density at radius 2 is 1.87 bits per heavy atom. The summed E-state index contributed by atoms with van der Waals surface area (Å²) < 4.78 is 30.2. The van der Waals surface area contributed by atoms with E-state index in [-0.39, 0.29) is 11.9 Å². The van der Waals surface area contributed by atoms with Crippen LogP contribution in [0.4, 0.5) is 0 Å². The number of rotatable bonds is 6. The summed E-state index contributed by atoms with van der Waals surface area (Å²) in [5.74, 6) is 0.930. The topological polar surface area (TPSA) is 75.7 Å². The van der Waals surface area contributed by atoms with Gasteiger partial charge in [-0.25, -0.2) is 13.1 Å². The first-order valence-electron chi connectivity index (χ1n) is 7.75. The maximum Gasteiger partial charge on any atom is 0.222 e.